The van der Waals surface area contributed by atoms with Crippen LogP contribution >= 0.6 is 15.9 Å². The van der Waals surface area contributed by atoms with Crippen molar-refractivity contribution in [2.45, 2.75) is 64.2 Å². The van der Waals surface area contributed by atoms with Gasteiger partial charge in [0.15, 0.2) is 0 Å². The first-order valence-electron chi connectivity index (χ1n) is 9.30. The lowest BCUT2D eigenvalue weighted by molar-refractivity contribution is 0.0217. The van der Waals surface area contributed by atoms with Crippen LogP contribution in [0.3, 0.4) is 0 Å². The molecule has 1 aromatic carbocycles. The van der Waals surface area contributed by atoms with Gasteiger partial charge >= 0.3 is 6.09 Å². The van der Waals surface area contributed by atoms with Gasteiger partial charge in [0.1, 0.15) is 5.60 Å². The van der Waals surface area contributed by atoms with E-state index in [1.165, 1.54) is 0 Å². The Balaban J connectivity index is 1.98. The Morgan fingerprint density at radius 2 is 1.93 bits per heavy atom. The van der Waals surface area contributed by atoms with Crippen molar-refractivity contribution < 1.29 is 17.9 Å². The summed E-state index contributed by atoms with van der Waals surface area (Å²) in [5.41, 5.74) is 1.15. The van der Waals surface area contributed by atoms with Gasteiger partial charge in [-0.2, -0.15) is 0 Å². The second-order valence-electron chi connectivity index (χ2n) is 7.88. The second kappa shape index (κ2) is 8.82. The highest BCUT2D eigenvalue weighted by Gasteiger charge is 2.33. The summed E-state index contributed by atoms with van der Waals surface area (Å²) < 4.78 is 34.3. The molecule has 1 N–H and O–H groups in total. The molecule has 0 bridgehead atoms. The molecular formula is C19H29BrN2O4S. The molecule has 0 unspecified atom stereocenters. The number of hydrogen-bond donors (Lipinski definition) is 1. The van der Waals surface area contributed by atoms with Gasteiger partial charge in [-0.1, -0.05) is 19.4 Å². The van der Waals surface area contributed by atoms with Crippen LogP contribution in [-0.2, 0) is 21.2 Å². The van der Waals surface area contributed by atoms with Gasteiger partial charge < -0.3 is 9.64 Å². The van der Waals surface area contributed by atoms with Crippen LogP contribution in [0.15, 0.2) is 22.7 Å². The van der Waals surface area contributed by atoms with Gasteiger partial charge in [-0.15, -0.1) is 0 Å². The Labute approximate surface area is 170 Å². The Kier molecular flexibility index (Phi) is 7.19. The molecule has 0 atom stereocenters. The average Bonchev–Trinajstić information content (AvgIpc) is 2.56. The van der Waals surface area contributed by atoms with Crippen molar-refractivity contribution in [2.75, 3.05) is 17.8 Å². The monoisotopic (exact) mass is 460 g/mol. The number of rotatable bonds is 5. The number of benzene rings is 1. The quantitative estimate of drug-likeness (QED) is 0.699. The van der Waals surface area contributed by atoms with Crippen molar-refractivity contribution in [3.05, 3.63) is 28.2 Å². The molecule has 1 amide bonds. The second-order valence-corrected chi connectivity index (χ2v) is 10.7. The maximum absolute atomic E-state index is 12.8. The highest BCUT2D eigenvalue weighted by Crippen LogP contribution is 2.28. The number of carbonyl (C=O) groups excluding carboxylic acids is 1. The Bertz CT molecular complexity index is 766. The number of nitrogens with one attached hydrogen (secondary N) is 1. The van der Waals surface area contributed by atoms with Crippen LogP contribution in [0.25, 0.3) is 0 Å². The zero-order chi connectivity index (χ0) is 20.2. The third-order valence-electron chi connectivity index (χ3n) is 4.36. The highest BCUT2D eigenvalue weighted by molar-refractivity contribution is 9.10. The van der Waals surface area contributed by atoms with Crippen LogP contribution in [0.2, 0.25) is 0 Å². The van der Waals surface area contributed by atoms with E-state index in [1.54, 1.807) is 11.0 Å². The van der Waals surface area contributed by atoms with Gasteiger partial charge in [-0.05, 0) is 73.7 Å². The summed E-state index contributed by atoms with van der Waals surface area (Å²) >= 11 is 3.45. The standard InChI is InChI=1S/C19H29BrN2O4S/c1-5-6-14-7-8-17(16(20)13-14)21-27(24,25)15-9-11-22(12-10-15)18(23)26-19(2,3)4/h7-8,13,15,21H,5-6,9-12H2,1-4H3. The number of piperidine rings is 1. The molecule has 27 heavy (non-hydrogen) atoms. The summed E-state index contributed by atoms with van der Waals surface area (Å²) in [5.74, 6) is 0. The smallest absolute Gasteiger partial charge is 0.410 e. The van der Waals surface area contributed by atoms with Crippen molar-refractivity contribution in [2.24, 2.45) is 0 Å². The van der Waals surface area contributed by atoms with E-state index >= 15 is 0 Å². The van der Waals surface area contributed by atoms with Crippen molar-refractivity contribution in [3.63, 3.8) is 0 Å². The third-order valence-corrected chi connectivity index (χ3v) is 6.87. The number of nitrogens with zero attached hydrogens (tertiary/aromatic N) is 1. The molecular weight excluding hydrogens is 432 g/mol. The van der Waals surface area contributed by atoms with Crippen LogP contribution in [-0.4, -0.2) is 43.4 Å². The third kappa shape index (κ3) is 6.38. The van der Waals surface area contributed by atoms with Gasteiger partial charge in [0.2, 0.25) is 10.0 Å². The fourth-order valence-electron chi connectivity index (χ4n) is 3.00. The van der Waals surface area contributed by atoms with E-state index in [1.807, 2.05) is 32.9 Å². The average molecular weight is 461 g/mol. The number of ether oxygens (including phenoxy) is 1. The normalized spacial score (nSPS) is 16.3. The molecule has 8 heteroatoms. The molecule has 0 aromatic heterocycles. The van der Waals surface area contributed by atoms with E-state index in [0.29, 0.717) is 31.6 Å². The first kappa shape index (κ1) is 22.0. The van der Waals surface area contributed by atoms with E-state index in [9.17, 15) is 13.2 Å². The maximum atomic E-state index is 12.8. The topological polar surface area (TPSA) is 75.7 Å². The van der Waals surface area contributed by atoms with Crippen molar-refractivity contribution >= 4 is 37.7 Å². The predicted molar refractivity (Wildman–Crippen MR) is 112 cm³/mol. The van der Waals surface area contributed by atoms with Gasteiger partial charge in [0.25, 0.3) is 0 Å². The lowest BCUT2D eigenvalue weighted by Gasteiger charge is -2.33. The number of halogens is 1. The lowest BCUT2D eigenvalue weighted by atomic mass is 10.1. The number of sulfonamides is 1. The predicted octanol–water partition coefficient (Wildman–Crippen LogP) is 4.54. The summed E-state index contributed by atoms with van der Waals surface area (Å²) in [6.07, 6.45) is 2.38. The molecule has 152 valence electrons. The molecule has 1 heterocycles. The molecule has 0 aliphatic carbocycles. The number of amides is 1. The fraction of sp³-hybridized carbons (Fsp3) is 0.632. The van der Waals surface area contributed by atoms with Crippen molar-refractivity contribution in [3.8, 4) is 0 Å². The van der Waals surface area contributed by atoms with Gasteiger partial charge in [-0.3, -0.25) is 4.72 Å². The summed E-state index contributed by atoms with van der Waals surface area (Å²) in [6, 6.07) is 5.69. The highest BCUT2D eigenvalue weighted by atomic mass is 79.9. The summed E-state index contributed by atoms with van der Waals surface area (Å²) in [7, 11) is -3.53. The van der Waals surface area contributed by atoms with E-state index in [-0.39, 0.29) is 6.09 Å². The molecule has 0 saturated carbocycles. The molecule has 0 radical (unpaired) electrons. The Morgan fingerprint density at radius 1 is 1.30 bits per heavy atom. The number of anilines is 1. The van der Waals surface area contributed by atoms with Crippen LogP contribution in [0, 0.1) is 0 Å². The minimum atomic E-state index is -3.53. The Hall–Kier alpha value is -1.28. The number of likely N-dealkylation sites (tertiary alicyclic amines) is 1. The molecule has 6 nitrogen and oxygen atoms in total. The van der Waals surface area contributed by atoms with Crippen LogP contribution < -0.4 is 4.72 Å². The largest absolute Gasteiger partial charge is 0.444 e. The van der Waals surface area contributed by atoms with E-state index in [0.717, 1.165) is 22.9 Å². The summed E-state index contributed by atoms with van der Waals surface area (Å²) in [5, 5.41) is -0.529. The molecule has 1 aromatic rings. The number of hydrogen-bond acceptors (Lipinski definition) is 4. The van der Waals surface area contributed by atoms with Crippen LogP contribution in [0.5, 0.6) is 0 Å². The number of aryl methyl sites for hydroxylation is 1. The van der Waals surface area contributed by atoms with E-state index in [4.69, 9.17) is 4.74 Å². The fourth-order valence-corrected chi connectivity index (χ4v) is 5.14. The molecule has 2 rings (SSSR count). The first-order chi connectivity index (χ1) is 12.5. The molecule has 1 fully saturated rings. The maximum Gasteiger partial charge on any atom is 0.410 e. The van der Waals surface area contributed by atoms with Gasteiger partial charge in [0.05, 0.1) is 10.9 Å². The Morgan fingerprint density at radius 3 is 2.44 bits per heavy atom. The minimum absolute atomic E-state index is 0.372. The first-order valence-corrected chi connectivity index (χ1v) is 11.6. The van der Waals surface area contributed by atoms with E-state index in [2.05, 4.69) is 27.6 Å². The van der Waals surface area contributed by atoms with Crippen LogP contribution in [0.1, 0.15) is 52.5 Å². The van der Waals surface area contributed by atoms with Crippen molar-refractivity contribution in [1.29, 1.82) is 0 Å². The van der Waals surface area contributed by atoms with E-state index < -0.39 is 20.9 Å². The van der Waals surface area contributed by atoms with Gasteiger partial charge in [-0.25, -0.2) is 13.2 Å². The minimum Gasteiger partial charge on any atom is -0.444 e. The molecule has 0 spiro atoms. The SMILES string of the molecule is CCCc1ccc(NS(=O)(=O)C2CCN(C(=O)OC(C)(C)C)CC2)c(Br)c1. The van der Waals surface area contributed by atoms with Crippen molar-refractivity contribution in [1.82, 2.24) is 4.90 Å². The molecule has 1 aliphatic heterocycles. The van der Waals surface area contributed by atoms with Crippen LogP contribution in [0.4, 0.5) is 10.5 Å². The number of carbonyl (C=O) groups is 1. The van der Waals surface area contributed by atoms with Gasteiger partial charge in [0, 0.05) is 17.6 Å². The lowest BCUT2D eigenvalue weighted by Crippen LogP contribution is -2.45. The zero-order valence-electron chi connectivity index (χ0n) is 16.4. The summed E-state index contributed by atoms with van der Waals surface area (Å²) in [6.45, 7) is 8.30. The zero-order valence-corrected chi connectivity index (χ0v) is 18.8. The molecule has 1 aliphatic rings. The summed E-state index contributed by atoms with van der Waals surface area (Å²) in [4.78, 5) is 13.7. The molecule has 1 saturated heterocycles.